The summed E-state index contributed by atoms with van der Waals surface area (Å²) in [6, 6.07) is 5.84. The van der Waals surface area contributed by atoms with E-state index >= 15 is 0 Å². The summed E-state index contributed by atoms with van der Waals surface area (Å²) in [5, 5.41) is 0. The van der Waals surface area contributed by atoms with Gasteiger partial charge >= 0.3 is 6.18 Å². The maximum atomic E-state index is 11.9. The van der Waals surface area contributed by atoms with Gasteiger partial charge in [-0.1, -0.05) is 0 Å². The summed E-state index contributed by atoms with van der Waals surface area (Å²) in [5.41, 5.74) is -0.655. The Morgan fingerprint density at radius 1 is 1.27 bits per heavy atom. The average Bonchev–Trinajstić information content (AvgIpc) is 1.86. The SMILES string of the molecule is FC(F)(F)c1c[c]c(I)cc1. The fourth-order valence-electron chi connectivity index (χ4n) is 0.582. The molecular formula is C7H3F3I. The zero-order valence-electron chi connectivity index (χ0n) is 5.24. The molecule has 1 aromatic rings. The summed E-state index contributed by atoms with van der Waals surface area (Å²) < 4.78 is 36.4. The molecule has 0 aliphatic rings. The van der Waals surface area contributed by atoms with E-state index in [2.05, 4.69) is 6.07 Å². The predicted molar refractivity (Wildman–Crippen MR) is 43.0 cm³/mol. The largest absolute Gasteiger partial charge is 0.416 e. The first-order valence-corrected chi connectivity index (χ1v) is 3.82. The third-order valence-electron chi connectivity index (χ3n) is 1.10. The highest BCUT2D eigenvalue weighted by Crippen LogP contribution is 2.28. The Kier molecular flexibility index (Phi) is 2.41. The van der Waals surface area contributed by atoms with Gasteiger partial charge in [0.15, 0.2) is 0 Å². The molecule has 1 aromatic carbocycles. The molecule has 0 saturated carbocycles. The molecule has 1 rings (SSSR count). The van der Waals surface area contributed by atoms with Crippen LogP contribution in [0.4, 0.5) is 13.2 Å². The van der Waals surface area contributed by atoms with Crippen LogP contribution in [0.5, 0.6) is 0 Å². The summed E-state index contributed by atoms with van der Waals surface area (Å²) in [4.78, 5) is 0. The van der Waals surface area contributed by atoms with E-state index in [1.165, 1.54) is 6.07 Å². The summed E-state index contributed by atoms with van der Waals surface area (Å²) in [6.07, 6.45) is -4.25. The molecule has 0 bridgehead atoms. The first-order chi connectivity index (χ1) is 5.00. The highest BCUT2D eigenvalue weighted by Gasteiger charge is 2.29. The molecule has 0 heterocycles. The van der Waals surface area contributed by atoms with Gasteiger partial charge in [0, 0.05) is 3.57 Å². The lowest BCUT2D eigenvalue weighted by Crippen LogP contribution is -2.04. The molecule has 59 valence electrons. The lowest BCUT2D eigenvalue weighted by atomic mass is 10.2. The van der Waals surface area contributed by atoms with Crippen LogP contribution in [0.25, 0.3) is 0 Å². The second-order valence-electron chi connectivity index (χ2n) is 1.92. The number of hydrogen-bond acceptors (Lipinski definition) is 0. The van der Waals surface area contributed by atoms with E-state index in [0.29, 0.717) is 3.57 Å². The average molecular weight is 271 g/mol. The van der Waals surface area contributed by atoms with Gasteiger partial charge in [0.25, 0.3) is 0 Å². The predicted octanol–water partition coefficient (Wildman–Crippen LogP) is 3.11. The van der Waals surface area contributed by atoms with Crippen LogP contribution in [0, 0.1) is 9.64 Å². The van der Waals surface area contributed by atoms with Crippen molar-refractivity contribution in [3.05, 3.63) is 33.4 Å². The zero-order chi connectivity index (χ0) is 8.48. The van der Waals surface area contributed by atoms with Crippen molar-refractivity contribution >= 4 is 22.6 Å². The molecule has 0 unspecified atom stereocenters. The lowest BCUT2D eigenvalue weighted by molar-refractivity contribution is -0.137. The Balaban J connectivity index is 2.99. The van der Waals surface area contributed by atoms with E-state index in [0.717, 1.165) is 12.1 Å². The third kappa shape index (κ3) is 2.36. The molecule has 11 heavy (non-hydrogen) atoms. The topological polar surface area (TPSA) is 0 Å². The second kappa shape index (κ2) is 3.00. The van der Waals surface area contributed by atoms with Crippen LogP contribution in [-0.4, -0.2) is 0 Å². The summed E-state index contributed by atoms with van der Waals surface area (Å²) in [5.74, 6) is 0. The highest BCUT2D eigenvalue weighted by atomic mass is 127. The molecule has 0 spiro atoms. The van der Waals surface area contributed by atoms with Crippen molar-refractivity contribution in [1.82, 2.24) is 0 Å². The quantitative estimate of drug-likeness (QED) is 0.636. The number of benzene rings is 1. The van der Waals surface area contributed by atoms with Gasteiger partial charge in [0.2, 0.25) is 0 Å². The highest BCUT2D eigenvalue weighted by molar-refractivity contribution is 14.1. The van der Waals surface area contributed by atoms with Crippen molar-refractivity contribution < 1.29 is 13.2 Å². The molecule has 0 aromatic heterocycles. The molecule has 0 fully saturated rings. The van der Waals surface area contributed by atoms with E-state index in [1.807, 2.05) is 22.6 Å². The van der Waals surface area contributed by atoms with Gasteiger partial charge in [-0.25, -0.2) is 0 Å². The standard InChI is InChI=1S/C7H3F3I/c8-7(9,10)5-1-3-6(11)4-2-5/h1-3H. The van der Waals surface area contributed by atoms with Crippen LogP contribution in [0.1, 0.15) is 5.56 Å². The summed E-state index contributed by atoms with van der Waals surface area (Å²) in [7, 11) is 0. The van der Waals surface area contributed by atoms with E-state index in [-0.39, 0.29) is 0 Å². The van der Waals surface area contributed by atoms with Crippen molar-refractivity contribution in [2.75, 3.05) is 0 Å². The number of halogens is 4. The minimum Gasteiger partial charge on any atom is -0.166 e. The molecule has 0 aliphatic heterocycles. The first kappa shape index (κ1) is 8.83. The molecule has 4 heteroatoms. The Hall–Kier alpha value is -0.260. The van der Waals surface area contributed by atoms with Crippen LogP contribution in [-0.2, 0) is 6.18 Å². The smallest absolute Gasteiger partial charge is 0.166 e. The monoisotopic (exact) mass is 271 g/mol. The maximum absolute atomic E-state index is 11.9. The number of alkyl halides is 3. The molecule has 0 nitrogen and oxygen atoms in total. The Morgan fingerprint density at radius 3 is 2.27 bits per heavy atom. The Morgan fingerprint density at radius 2 is 1.91 bits per heavy atom. The van der Waals surface area contributed by atoms with Crippen LogP contribution in [0.2, 0.25) is 0 Å². The fraction of sp³-hybridized carbons (Fsp3) is 0.143. The summed E-state index contributed by atoms with van der Waals surface area (Å²) >= 11 is 1.90. The van der Waals surface area contributed by atoms with Gasteiger partial charge < -0.3 is 0 Å². The van der Waals surface area contributed by atoms with Crippen LogP contribution in [0.3, 0.4) is 0 Å². The van der Waals surface area contributed by atoms with Crippen molar-refractivity contribution in [1.29, 1.82) is 0 Å². The van der Waals surface area contributed by atoms with E-state index in [4.69, 9.17) is 0 Å². The molecule has 0 saturated heterocycles. The number of rotatable bonds is 0. The normalized spacial score (nSPS) is 11.6. The van der Waals surface area contributed by atoms with Crippen molar-refractivity contribution in [2.24, 2.45) is 0 Å². The van der Waals surface area contributed by atoms with Gasteiger partial charge in [0.05, 0.1) is 5.56 Å². The minimum absolute atomic E-state index is 0.655. The second-order valence-corrected chi connectivity index (χ2v) is 3.09. The molecule has 0 N–H and O–H groups in total. The Bertz CT molecular complexity index is 237. The van der Waals surface area contributed by atoms with E-state index in [9.17, 15) is 13.2 Å². The first-order valence-electron chi connectivity index (χ1n) is 2.74. The zero-order valence-corrected chi connectivity index (χ0v) is 7.40. The van der Waals surface area contributed by atoms with E-state index < -0.39 is 11.7 Å². The van der Waals surface area contributed by atoms with Crippen LogP contribution >= 0.6 is 22.6 Å². The molecule has 1 radical (unpaired) electrons. The minimum atomic E-state index is -4.25. The summed E-state index contributed by atoms with van der Waals surface area (Å²) in [6.45, 7) is 0. The fourth-order valence-corrected chi connectivity index (χ4v) is 0.918. The van der Waals surface area contributed by atoms with Gasteiger partial charge in [0.1, 0.15) is 0 Å². The lowest BCUT2D eigenvalue weighted by Gasteiger charge is -2.04. The molecule has 0 aliphatic carbocycles. The van der Waals surface area contributed by atoms with Gasteiger partial charge in [-0.05, 0) is 46.9 Å². The van der Waals surface area contributed by atoms with Crippen LogP contribution in [0.15, 0.2) is 18.2 Å². The van der Waals surface area contributed by atoms with Gasteiger partial charge in [-0.2, -0.15) is 13.2 Å². The number of hydrogen-bond donors (Lipinski definition) is 0. The third-order valence-corrected chi connectivity index (χ3v) is 1.77. The van der Waals surface area contributed by atoms with Crippen molar-refractivity contribution in [3.8, 4) is 0 Å². The molecule has 0 amide bonds. The van der Waals surface area contributed by atoms with E-state index in [1.54, 1.807) is 0 Å². The van der Waals surface area contributed by atoms with Crippen LogP contribution < -0.4 is 0 Å². The maximum Gasteiger partial charge on any atom is 0.416 e. The van der Waals surface area contributed by atoms with Gasteiger partial charge in [-0.15, -0.1) is 0 Å². The molecular weight excluding hydrogens is 268 g/mol. The van der Waals surface area contributed by atoms with Gasteiger partial charge in [-0.3, -0.25) is 0 Å². The van der Waals surface area contributed by atoms with Crippen molar-refractivity contribution in [2.45, 2.75) is 6.18 Å². The van der Waals surface area contributed by atoms with Crippen molar-refractivity contribution in [3.63, 3.8) is 0 Å². The Labute approximate surface area is 75.6 Å². The molecule has 0 atom stereocenters.